The van der Waals surface area contributed by atoms with Gasteiger partial charge < -0.3 is 14.6 Å². The third-order valence-electron chi connectivity index (χ3n) is 4.99. The first-order valence-electron chi connectivity index (χ1n) is 9.58. The van der Waals surface area contributed by atoms with Crippen LogP contribution in [0.4, 0.5) is 8.78 Å². The van der Waals surface area contributed by atoms with Gasteiger partial charge in [0.05, 0.1) is 11.6 Å². The molecular formula is C24H23ClF2O3. The van der Waals surface area contributed by atoms with Crippen LogP contribution in [0, 0.1) is 18.6 Å². The number of aryl methyl sites for hydroxylation is 1. The van der Waals surface area contributed by atoms with Gasteiger partial charge in [-0.25, -0.2) is 8.78 Å². The van der Waals surface area contributed by atoms with Crippen molar-refractivity contribution in [3.05, 3.63) is 82.4 Å². The predicted octanol–water partition coefficient (Wildman–Crippen LogP) is 5.96. The van der Waals surface area contributed by atoms with E-state index in [0.717, 1.165) is 5.57 Å². The molecule has 0 radical (unpaired) electrons. The van der Waals surface area contributed by atoms with Crippen LogP contribution < -0.4 is 9.47 Å². The van der Waals surface area contributed by atoms with Gasteiger partial charge in [0.25, 0.3) is 0 Å². The Morgan fingerprint density at radius 1 is 1.37 bits per heavy atom. The van der Waals surface area contributed by atoms with Crippen molar-refractivity contribution in [2.24, 2.45) is 0 Å². The number of fused-ring (bicyclic) bond motifs is 1. The number of ether oxygens (including phenoxy) is 2. The summed E-state index contributed by atoms with van der Waals surface area (Å²) in [6, 6.07) is 4.40. The van der Waals surface area contributed by atoms with Gasteiger partial charge in [-0.05, 0) is 31.1 Å². The molecule has 1 aliphatic rings. The zero-order valence-electron chi connectivity index (χ0n) is 16.8. The second kappa shape index (κ2) is 9.45. The molecule has 6 heteroatoms. The van der Waals surface area contributed by atoms with Gasteiger partial charge in [-0.1, -0.05) is 48.6 Å². The second-order valence-corrected chi connectivity index (χ2v) is 7.24. The summed E-state index contributed by atoms with van der Waals surface area (Å²) in [5, 5.41) is 8.82. The number of aliphatic hydroxyl groups excluding tert-OH is 1. The molecule has 1 atom stereocenters. The highest BCUT2D eigenvalue weighted by molar-refractivity contribution is 6.34. The Balaban J connectivity index is 2.14. The highest BCUT2D eigenvalue weighted by Gasteiger charge is 2.32. The molecule has 3 rings (SSSR count). The molecule has 0 fully saturated rings. The molecule has 0 spiro atoms. The normalized spacial score (nSPS) is 15.9. The smallest absolute Gasteiger partial charge is 0.173 e. The second-order valence-electron chi connectivity index (χ2n) is 6.86. The summed E-state index contributed by atoms with van der Waals surface area (Å²) in [6.07, 6.45) is 7.29. The van der Waals surface area contributed by atoms with E-state index in [9.17, 15) is 4.39 Å². The van der Waals surface area contributed by atoms with Crippen LogP contribution in [-0.4, -0.2) is 24.4 Å². The van der Waals surface area contributed by atoms with Crippen LogP contribution in [-0.2, 0) is 6.42 Å². The van der Waals surface area contributed by atoms with Gasteiger partial charge in [0.15, 0.2) is 11.6 Å². The van der Waals surface area contributed by atoms with E-state index in [2.05, 4.69) is 6.58 Å². The summed E-state index contributed by atoms with van der Waals surface area (Å²) in [6.45, 7) is 6.97. The summed E-state index contributed by atoms with van der Waals surface area (Å²) in [4.78, 5) is 0. The molecule has 2 aromatic rings. The monoisotopic (exact) mass is 432 g/mol. The van der Waals surface area contributed by atoms with Gasteiger partial charge in [-0.2, -0.15) is 0 Å². The van der Waals surface area contributed by atoms with Crippen LogP contribution >= 0.6 is 11.6 Å². The molecule has 0 bridgehead atoms. The molecule has 1 unspecified atom stereocenters. The summed E-state index contributed by atoms with van der Waals surface area (Å²) in [7, 11) is 0. The minimum Gasteiger partial charge on any atom is -0.488 e. The Kier molecular flexibility index (Phi) is 6.95. The van der Waals surface area contributed by atoms with Crippen molar-refractivity contribution in [1.82, 2.24) is 0 Å². The summed E-state index contributed by atoms with van der Waals surface area (Å²) >= 11 is 6.34. The highest BCUT2D eigenvalue weighted by atomic mass is 35.5. The van der Waals surface area contributed by atoms with Gasteiger partial charge >= 0.3 is 0 Å². The first kappa shape index (κ1) is 22.1. The van der Waals surface area contributed by atoms with E-state index in [4.69, 9.17) is 26.2 Å². The maximum atomic E-state index is 15.3. The van der Waals surface area contributed by atoms with Crippen molar-refractivity contribution in [3.8, 4) is 22.6 Å². The van der Waals surface area contributed by atoms with Crippen LogP contribution in [0.3, 0.4) is 0 Å². The third-order valence-corrected chi connectivity index (χ3v) is 5.36. The summed E-state index contributed by atoms with van der Waals surface area (Å²) in [5.41, 5.74) is 2.55. The van der Waals surface area contributed by atoms with Crippen LogP contribution in [0.15, 0.2) is 54.7 Å². The van der Waals surface area contributed by atoms with Gasteiger partial charge in [-0.3, -0.25) is 0 Å². The summed E-state index contributed by atoms with van der Waals surface area (Å²) < 4.78 is 41.3. The lowest BCUT2D eigenvalue weighted by molar-refractivity contribution is 0.196. The largest absolute Gasteiger partial charge is 0.488 e. The summed E-state index contributed by atoms with van der Waals surface area (Å²) in [5.74, 6) is -1.03. The molecule has 30 heavy (non-hydrogen) atoms. The van der Waals surface area contributed by atoms with Crippen LogP contribution in [0.2, 0.25) is 5.02 Å². The molecule has 0 aromatic heterocycles. The lowest BCUT2D eigenvalue weighted by atomic mass is 9.91. The first-order valence-corrected chi connectivity index (χ1v) is 9.96. The Morgan fingerprint density at radius 2 is 2.13 bits per heavy atom. The van der Waals surface area contributed by atoms with Gasteiger partial charge in [0.2, 0.25) is 0 Å². The van der Waals surface area contributed by atoms with E-state index in [1.165, 1.54) is 12.1 Å². The van der Waals surface area contributed by atoms with Gasteiger partial charge in [-0.15, -0.1) is 0 Å². The molecule has 0 amide bonds. The fraction of sp³-hybridized carbons (Fsp3) is 0.250. The maximum absolute atomic E-state index is 15.3. The molecule has 158 valence electrons. The number of aliphatic hydroxyl groups is 1. The molecular weight excluding hydrogens is 410 g/mol. The van der Waals surface area contributed by atoms with Crippen molar-refractivity contribution in [3.63, 3.8) is 0 Å². The Bertz CT molecular complexity index is 1030. The standard InChI is InChI=1S/C24H23ClF2O3/c1-4-6-7-15(5-2)19-12-16-20(30-19)13-17(26)23(25)22(16)21-14(3)8-9-18(24(21)27)29-11-10-28/h4-9,13,19,28H,1,10-12H2,2-3H3/b7-6-,15-5+. The van der Waals surface area contributed by atoms with Crippen LogP contribution in [0.25, 0.3) is 11.1 Å². The molecule has 0 saturated carbocycles. The number of halogens is 3. The first-order chi connectivity index (χ1) is 14.4. The van der Waals surface area contributed by atoms with Crippen molar-refractivity contribution in [2.45, 2.75) is 26.4 Å². The number of benzene rings is 2. The maximum Gasteiger partial charge on any atom is 0.173 e. The molecule has 1 N–H and O–H groups in total. The molecule has 2 aromatic carbocycles. The van der Waals surface area contributed by atoms with Gasteiger partial charge in [0, 0.05) is 29.2 Å². The predicted molar refractivity (Wildman–Crippen MR) is 115 cm³/mol. The van der Waals surface area contributed by atoms with Crippen molar-refractivity contribution in [2.75, 3.05) is 13.2 Å². The fourth-order valence-corrected chi connectivity index (χ4v) is 3.83. The Labute approximate surface area is 179 Å². The van der Waals surface area contributed by atoms with Crippen LogP contribution in [0.5, 0.6) is 11.5 Å². The van der Waals surface area contributed by atoms with Crippen molar-refractivity contribution >= 4 is 11.6 Å². The number of hydrogen-bond donors (Lipinski definition) is 1. The lowest BCUT2D eigenvalue weighted by Crippen LogP contribution is -2.14. The average molecular weight is 433 g/mol. The van der Waals surface area contributed by atoms with E-state index < -0.39 is 11.6 Å². The average Bonchev–Trinajstić information content (AvgIpc) is 3.14. The quantitative estimate of drug-likeness (QED) is 0.549. The van der Waals surface area contributed by atoms with Crippen molar-refractivity contribution < 1.29 is 23.4 Å². The molecule has 1 aliphatic heterocycles. The van der Waals surface area contributed by atoms with E-state index in [1.807, 2.05) is 19.1 Å². The van der Waals surface area contributed by atoms with E-state index >= 15 is 4.39 Å². The van der Waals surface area contributed by atoms with Crippen molar-refractivity contribution in [1.29, 1.82) is 0 Å². The Hall–Kier alpha value is -2.63. The minimum atomic E-state index is -0.685. The Morgan fingerprint density at radius 3 is 2.80 bits per heavy atom. The fourth-order valence-electron chi connectivity index (χ4n) is 3.57. The highest BCUT2D eigenvalue weighted by Crippen LogP contribution is 2.46. The molecule has 0 aliphatic carbocycles. The number of allylic oxidation sites excluding steroid dienone is 3. The number of rotatable bonds is 7. The molecule has 1 heterocycles. The topological polar surface area (TPSA) is 38.7 Å². The zero-order chi connectivity index (χ0) is 21.8. The van der Waals surface area contributed by atoms with E-state index in [1.54, 1.807) is 25.1 Å². The van der Waals surface area contributed by atoms with E-state index in [-0.39, 0.29) is 41.2 Å². The lowest BCUT2D eigenvalue weighted by Gasteiger charge is -2.16. The SMILES string of the molecule is C=C/C=C\C(=C/C)C1Cc2c(cc(F)c(Cl)c2-c2c(C)ccc(OCCO)c2F)O1. The zero-order valence-corrected chi connectivity index (χ0v) is 17.6. The molecule has 3 nitrogen and oxygen atoms in total. The van der Waals surface area contributed by atoms with E-state index in [0.29, 0.717) is 23.3 Å². The van der Waals surface area contributed by atoms with Crippen LogP contribution in [0.1, 0.15) is 18.1 Å². The van der Waals surface area contributed by atoms with Gasteiger partial charge in [0.1, 0.15) is 24.3 Å². The third kappa shape index (κ3) is 4.13. The number of hydrogen-bond acceptors (Lipinski definition) is 3. The minimum absolute atomic E-state index is 0.0303. The molecule has 0 saturated heterocycles.